The van der Waals surface area contributed by atoms with E-state index in [1.165, 1.54) is 6.54 Å². The SMILES string of the molecule is CCNC(=NCCS(=O)Cc1ccccc1)N1CCN(CC(C)C)CC1.I. The van der Waals surface area contributed by atoms with Crippen LogP contribution < -0.4 is 5.32 Å². The first-order chi connectivity index (χ1) is 12.6. The van der Waals surface area contributed by atoms with E-state index in [1.54, 1.807) is 0 Å². The average Bonchev–Trinajstić information content (AvgIpc) is 2.62. The van der Waals surface area contributed by atoms with E-state index in [1.807, 2.05) is 30.3 Å². The van der Waals surface area contributed by atoms with E-state index >= 15 is 0 Å². The van der Waals surface area contributed by atoms with Crippen LogP contribution in [0.1, 0.15) is 26.3 Å². The molecular weight excluding hydrogens is 471 g/mol. The number of benzene rings is 1. The number of hydrogen-bond acceptors (Lipinski definition) is 3. The minimum Gasteiger partial charge on any atom is -0.357 e. The number of rotatable bonds is 8. The van der Waals surface area contributed by atoms with E-state index in [0.29, 0.717) is 24.0 Å². The molecule has 1 unspecified atom stereocenters. The van der Waals surface area contributed by atoms with Crippen LogP contribution in [0.2, 0.25) is 0 Å². The Morgan fingerprint density at radius 2 is 1.85 bits per heavy atom. The Kier molecular flexibility index (Phi) is 12.2. The lowest BCUT2D eigenvalue weighted by molar-refractivity contribution is 0.164. The highest BCUT2D eigenvalue weighted by Crippen LogP contribution is 2.06. The number of halogens is 1. The first-order valence-electron chi connectivity index (χ1n) is 9.73. The summed E-state index contributed by atoms with van der Waals surface area (Å²) in [5.41, 5.74) is 1.13. The van der Waals surface area contributed by atoms with Gasteiger partial charge in [-0.2, -0.15) is 0 Å². The first kappa shape index (κ1) is 24.4. The minimum atomic E-state index is -0.870. The van der Waals surface area contributed by atoms with Crippen molar-refractivity contribution >= 4 is 40.7 Å². The number of guanidine groups is 1. The molecule has 0 aliphatic carbocycles. The Balaban J connectivity index is 0.00000364. The molecule has 1 aliphatic rings. The van der Waals surface area contributed by atoms with E-state index in [0.717, 1.165) is 44.2 Å². The average molecular weight is 506 g/mol. The van der Waals surface area contributed by atoms with Crippen LogP contribution in [-0.4, -0.2) is 71.5 Å². The monoisotopic (exact) mass is 506 g/mol. The summed E-state index contributed by atoms with van der Waals surface area (Å²) in [6, 6.07) is 10.0. The van der Waals surface area contributed by atoms with Crippen LogP contribution in [0, 0.1) is 5.92 Å². The lowest BCUT2D eigenvalue weighted by atomic mass is 10.2. The first-order valence-corrected chi connectivity index (χ1v) is 11.2. The van der Waals surface area contributed by atoms with Crippen molar-refractivity contribution in [1.29, 1.82) is 0 Å². The molecule has 27 heavy (non-hydrogen) atoms. The molecule has 1 saturated heterocycles. The molecule has 0 aromatic heterocycles. The van der Waals surface area contributed by atoms with Gasteiger partial charge in [-0.25, -0.2) is 0 Å². The van der Waals surface area contributed by atoms with E-state index in [9.17, 15) is 4.21 Å². The molecule has 1 N–H and O–H groups in total. The van der Waals surface area contributed by atoms with Crippen molar-refractivity contribution < 1.29 is 4.21 Å². The highest BCUT2D eigenvalue weighted by Gasteiger charge is 2.19. The largest absolute Gasteiger partial charge is 0.357 e. The topological polar surface area (TPSA) is 47.9 Å². The maximum Gasteiger partial charge on any atom is 0.194 e. The molecule has 1 heterocycles. The van der Waals surface area contributed by atoms with Gasteiger partial charge in [0.2, 0.25) is 0 Å². The maximum atomic E-state index is 12.3. The van der Waals surface area contributed by atoms with Crippen molar-refractivity contribution in [1.82, 2.24) is 15.1 Å². The third-order valence-corrected chi connectivity index (χ3v) is 5.67. The summed E-state index contributed by atoms with van der Waals surface area (Å²) in [7, 11) is -0.870. The van der Waals surface area contributed by atoms with Gasteiger partial charge in [0.25, 0.3) is 0 Å². The molecule has 0 bridgehead atoms. The lowest BCUT2D eigenvalue weighted by Crippen LogP contribution is -2.53. The number of nitrogens with one attached hydrogen (secondary N) is 1. The second kappa shape index (κ2) is 13.5. The van der Waals surface area contributed by atoms with Gasteiger partial charge in [0, 0.05) is 61.6 Å². The van der Waals surface area contributed by atoms with Crippen molar-refractivity contribution in [3.05, 3.63) is 35.9 Å². The van der Waals surface area contributed by atoms with Crippen LogP contribution in [0.15, 0.2) is 35.3 Å². The van der Waals surface area contributed by atoms with Gasteiger partial charge in [-0.15, -0.1) is 24.0 Å². The van der Waals surface area contributed by atoms with Crippen LogP contribution >= 0.6 is 24.0 Å². The Morgan fingerprint density at radius 3 is 2.44 bits per heavy atom. The van der Waals surface area contributed by atoms with Gasteiger partial charge in [-0.3, -0.25) is 14.1 Å². The Hall–Kier alpha value is -0.670. The number of aliphatic imine (C=N–C) groups is 1. The molecule has 7 heteroatoms. The van der Waals surface area contributed by atoms with E-state index in [2.05, 4.69) is 35.9 Å². The van der Waals surface area contributed by atoms with Crippen molar-refractivity contribution in [3.63, 3.8) is 0 Å². The van der Waals surface area contributed by atoms with Gasteiger partial charge in [0.15, 0.2) is 5.96 Å². The molecule has 1 fully saturated rings. The summed E-state index contributed by atoms with van der Waals surface area (Å²) >= 11 is 0. The zero-order valence-corrected chi connectivity index (χ0v) is 20.0. The van der Waals surface area contributed by atoms with E-state index in [-0.39, 0.29) is 24.0 Å². The quantitative estimate of drug-likeness (QED) is 0.335. The molecule has 1 aromatic carbocycles. The molecule has 2 rings (SSSR count). The highest BCUT2D eigenvalue weighted by atomic mass is 127. The molecule has 0 amide bonds. The predicted molar refractivity (Wildman–Crippen MR) is 127 cm³/mol. The Morgan fingerprint density at radius 1 is 1.19 bits per heavy atom. The molecule has 1 atom stereocenters. The molecular formula is C20H35IN4OS. The van der Waals surface area contributed by atoms with Gasteiger partial charge < -0.3 is 10.2 Å². The van der Waals surface area contributed by atoms with Gasteiger partial charge in [-0.05, 0) is 18.4 Å². The minimum absolute atomic E-state index is 0. The molecule has 0 spiro atoms. The molecule has 1 aromatic rings. The van der Waals surface area contributed by atoms with Crippen LogP contribution in [0.3, 0.4) is 0 Å². The van der Waals surface area contributed by atoms with Gasteiger partial charge in [0.1, 0.15) is 0 Å². The number of hydrogen-bond donors (Lipinski definition) is 1. The smallest absolute Gasteiger partial charge is 0.194 e. The zero-order valence-electron chi connectivity index (χ0n) is 16.9. The van der Waals surface area contributed by atoms with Gasteiger partial charge in [0.05, 0.1) is 6.54 Å². The number of nitrogens with zero attached hydrogens (tertiary/aromatic N) is 3. The molecule has 154 valence electrons. The van der Waals surface area contributed by atoms with Crippen molar-refractivity contribution in [2.75, 3.05) is 51.6 Å². The standard InChI is InChI=1S/C20H34N4OS.HI/c1-4-21-20(24-13-11-23(12-14-24)16-18(2)3)22-10-15-26(25)17-19-8-6-5-7-9-19;/h5-9,18H,4,10-17H2,1-3H3,(H,21,22);1H. The highest BCUT2D eigenvalue weighted by molar-refractivity contribution is 14.0. The van der Waals surface area contributed by atoms with E-state index < -0.39 is 10.8 Å². The van der Waals surface area contributed by atoms with Crippen molar-refractivity contribution in [3.8, 4) is 0 Å². The maximum absolute atomic E-state index is 12.3. The van der Waals surface area contributed by atoms with Crippen molar-refractivity contribution in [2.45, 2.75) is 26.5 Å². The van der Waals surface area contributed by atoms with Gasteiger partial charge in [-0.1, -0.05) is 44.2 Å². The molecule has 1 aliphatic heterocycles. The van der Waals surface area contributed by atoms with Crippen LogP contribution in [0.4, 0.5) is 0 Å². The molecule has 0 saturated carbocycles. The summed E-state index contributed by atoms with van der Waals surface area (Å²) in [6.07, 6.45) is 0. The summed E-state index contributed by atoms with van der Waals surface area (Å²) in [4.78, 5) is 9.59. The molecule has 5 nitrogen and oxygen atoms in total. The van der Waals surface area contributed by atoms with E-state index in [4.69, 9.17) is 4.99 Å². The lowest BCUT2D eigenvalue weighted by Gasteiger charge is -2.37. The third-order valence-electron chi connectivity index (χ3n) is 4.38. The Labute approximate surface area is 184 Å². The second-order valence-corrected chi connectivity index (χ2v) is 8.77. The summed E-state index contributed by atoms with van der Waals surface area (Å²) < 4.78 is 12.3. The van der Waals surface area contributed by atoms with Crippen LogP contribution in [0.25, 0.3) is 0 Å². The third kappa shape index (κ3) is 9.38. The van der Waals surface area contributed by atoms with Crippen molar-refractivity contribution in [2.24, 2.45) is 10.9 Å². The fraction of sp³-hybridized carbons (Fsp3) is 0.650. The second-order valence-electron chi connectivity index (χ2n) is 7.19. The zero-order chi connectivity index (χ0) is 18.8. The predicted octanol–water partition coefficient (Wildman–Crippen LogP) is 2.79. The number of piperazine rings is 1. The summed E-state index contributed by atoms with van der Waals surface area (Å²) in [6.45, 7) is 13.5. The fourth-order valence-corrected chi connectivity index (χ4v) is 4.17. The summed E-state index contributed by atoms with van der Waals surface area (Å²) in [5, 5.41) is 3.39. The summed E-state index contributed by atoms with van der Waals surface area (Å²) in [5.74, 6) is 2.90. The van der Waals surface area contributed by atoms with Crippen LogP contribution in [0.5, 0.6) is 0 Å². The normalized spacial score (nSPS) is 16.9. The van der Waals surface area contributed by atoms with Crippen LogP contribution in [-0.2, 0) is 16.6 Å². The Bertz CT molecular complexity index is 575. The van der Waals surface area contributed by atoms with Gasteiger partial charge >= 0.3 is 0 Å². The molecule has 0 radical (unpaired) electrons. The fourth-order valence-electron chi connectivity index (χ4n) is 3.17.